The standard InChI is InChI=1S/C10H10OS/c1-8(7-11)10(12)9-5-3-2-4-6-9/h2-7,12H,1H3/b10-8-. The van der Waals surface area contributed by atoms with Gasteiger partial charge in [-0.2, -0.15) is 0 Å². The lowest BCUT2D eigenvalue weighted by molar-refractivity contribution is -0.104. The molecule has 0 aromatic heterocycles. The van der Waals surface area contributed by atoms with E-state index in [1.54, 1.807) is 6.92 Å². The second-order valence-electron chi connectivity index (χ2n) is 2.52. The van der Waals surface area contributed by atoms with Crippen molar-refractivity contribution >= 4 is 23.8 Å². The molecule has 0 unspecified atom stereocenters. The minimum Gasteiger partial charge on any atom is -0.298 e. The molecule has 0 bridgehead atoms. The number of rotatable bonds is 2. The Balaban J connectivity index is 3.08. The minimum absolute atomic E-state index is 0.657. The van der Waals surface area contributed by atoms with Crippen molar-refractivity contribution in [2.45, 2.75) is 6.92 Å². The molecule has 1 aromatic rings. The topological polar surface area (TPSA) is 17.1 Å². The first-order valence-electron chi connectivity index (χ1n) is 3.66. The fourth-order valence-corrected chi connectivity index (χ4v) is 1.08. The summed E-state index contributed by atoms with van der Waals surface area (Å²) >= 11 is 4.24. The largest absolute Gasteiger partial charge is 0.298 e. The molecule has 0 saturated heterocycles. The van der Waals surface area contributed by atoms with Crippen molar-refractivity contribution in [2.24, 2.45) is 0 Å². The highest BCUT2D eigenvalue weighted by atomic mass is 32.1. The number of thiol groups is 1. The van der Waals surface area contributed by atoms with E-state index in [2.05, 4.69) is 12.6 Å². The Morgan fingerprint density at radius 1 is 1.33 bits per heavy atom. The van der Waals surface area contributed by atoms with E-state index < -0.39 is 0 Å². The van der Waals surface area contributed by atoms with Gasteiger partial charge in [-0.3, -0.25) is 4.79 Å². The molecule has 0 spiro atoms. The van der Waals surface area contributed by atoms with Crippen LogP contribution in [-0.4, -0.2) is 6.29 Å². The minimum atomic E-state index is 0.657. The number of allylic oxidation sites excluding steroid dienone is 1. The summed E-state index contributed by atoms with van der Waals surface area (Å²) in [5.41, 5.74) is 1.63. The van der Waals surface area contributed by atoms with E-state index in [4.69, 9.17) is 0 Å². The van der Waals surface area contributed by atoms with Crippen LogP contribution in [0.25, 0.3) is 4.91 Å². The van der Waals surface area contributed by atoms with Gasteiger partial charge in [0, 0.05) is 10.5 Å². The Hall–Kier alpha value is -1.02. The van der Waals surface area contributed by atoms with Crippen LogP contribution < -0.4 is 0 Å². The Kier molecular flexibility index (Phi) is 3.11. The highest BCUT2D eigenvalue weighted by molar-refractivity contribution is 7.90. The van der Waals surface area contributed by atoms with E-state index >= 15 is 0 Å². The zero-order valence-corrected chi connectivity index (χ0v) is 7.71. The van der Waals surface area contributed by atoms with Crippen molar-refractivity contribution in [1.82, 2.24) is 0 Å². The third-order valence-corrected chi connectivity index (χ3v) is 2.21. The molecule has 62 valence electrons. The number of carbonyl (C=O) groups is 1. The van der Waals surface area contributed by atoms with Gasteiger partial charge in [-0.1, -0.05) is 30.3 Å². The first kappa shape index (κ1) is 9.07. The van der Waals surface area contributed by atoms with Crippen LogP contribution >= 0.6 is 12.6 Å². The molecule has 12 heavy (non-hydrogen) atoms. The van der Waals surface area contributed by atoms with E-state index in [-0.39, 0.29) is 0 Å². The summed E-state index contributed by atoms with van der Waals surface area (Å²) in [5, 5.41) is 0. The SMILES string of the molecule is C/C(C=O)=C(/S)c1ccccc1. The molecular formula is C10H10OS. The van der Waals surface area contributed by atoms with Crippen molar-refractivity contribution in [2.75, 3.05) is 0 Å². The molecule has 0 heterocycles. The first-order chi connectivity index (χ1) is 5.75. The third kappa shape index (κ3) is 1.98. The summed E-state index contributed by atoms with van der Waals surface area (Å²) in [4.78, 5) is 11.2. The Morgan fingerprint density at radius 2 is 1.92 bits per heavy atom. The maximum atomic E-state index is 10.4. The van der Waals surface area contributed by atoms with E-state index in [0.717, 1.165) is 16.8 Å². The Bertz CT molecular complexity index is 301. The summed E-state index contributed by atoms with van der Waals surface area (Å²) in [6.07, 6.45) is 0.815. The fraction of sp³-hybridized carbons (Fsp3) is 0.100. The average Bonchev–Trinajstić information content (AvgIpc) is 2.17. The van der Waals surface area contributed by atoms with Crippen LogP contribution in [0.4, 0.5) is 0 Å². The summed E-state index contributed by atoms with van der Waals surface area (Å²) < 4.78 is 0. The lowest BCUT2D eigenvalue weighted by atomic mass is 10.1. The van der Waals surface area contributed by atoms with Crippen molar-refractivity contribution in [1.29, 1.82) is 0 Å². The zero-order chi connectivity index (χ0) is 8.97. The third-order valence-electron chi connectivity index (χ3n) is 1.60. The monoisotopic (exact) mass is 178 g/mol. The number of benzene rings is 1. The molecule has 0 radical (unpaired) electrons. The van der Waals surface area contributed by atoms with Crippen LogP contribution in [0, 0.1) is 0 Å². The predicted octanol–water partition coefficient (Wildman–Crippen LogP) is 2.55. The maximum absolute atomic E-state index is 10.4. The molecule has 0 aliphatic rings. The molecule has 1 nitrogen and oxygen atoms in total. The molecule has 1 rings (SSSR count). The normalized spacial score (nSPS) is 12.2. The molecular weight excluding hydrogens is 168 g/mol. The average molecular weight is 178 g/mol. The Labute approximate surface area is 77.5 Å². The second-order valence-corrected chi connectivity index (χ2v) is 2.96. The number of carbonyl (C=O) groups excluding carboxylic acids is 1. The molecule has 0 atom stereocenters. The maximum Gasteiger partial charge on any atom is 0.146 e. The van der Waals surface area contributed by atoms with Crippen molar-refractivity contribution in [3.05, 3.63) is 41.5 Å². The first-order valence-corrected chi connectivity index (χ1v) is 4.11. The van der Waals surface area contributed by atoms with Crippen LogP contribution in [0.15, 0.2) is 35.9 Å². The Morgan fingerprint density at radius 3 is 2.42 bits per heavy atom. The van der Waals surface area contributed by atoms with Gasteiger partial charge in [0.25, 0.3) is 0 Å². The molecule has 0 fully saturated rings. The van der Waals surface area contributed by atoms with Gasteiger partial charge in [0.1, 0.15) is 6.29 Å². The smallest absolute Gasteiger partial charge is 0.146 e. The number of hydrogen-bond acceptors (Lipinski definition) is 2. The van der Waals surface area contributed by atoms with Gasteiger partial charge < -0.3 is 0 Å². The van der Waals surface area contributed by atoms with E-state index in [0.29, 0.717) is 5.57 Å². The molecule has 0 amide bonds. The van der Waals surface area contributed by atoms with Gasteiger partial charge in [0.2, 0.25) is 0 Å². The van der Waals surface area contributed by atoms with E-state index in [9.17, 15) is 4.79 Å². The van der Waals surface area contributed by atoms with Gasteiger partial charge in [-0.05, 0) is 12.5 Å². The van der Waals surface area contributed by atoms with Crippen LogP contribution in [0.5, 0.6) is 0 Å². The van der Waals surface area contributed by atoms with E-state index in [1.165, 1.54) is 0 Å². The molecule has 1 aromatic carbocycles. The van der Waals surface area contributed by atoms with Crippen LogP contribution in [0.2, 0.25) is 0 Å². The summed E-state index contributed by atoms with van der Waals surface area (Å²) in [6, 6.07) is 9.62. The quantitative estimate of drug-likeness (QED) is 0.418. The van der Waals surface area contributed by atoms with Crippen LogP contribution in [0.1, 0.15) is 12.5 Å². The van der Waals surface area contributed by atoms with Crippen molar-refractivity contribution in [3.63, 3.8) is 0 Å². The van der Waals surface area contributed by atoms with Gasteiger partial charge in [-0.25, -0.2) is 0 Å². The van der Waals surface area contributed by atoms with Crippen LogP contribution in [-0.2, 0) is 4.79 Å². The summed E-state index contributed by atoms with van der Waals surface area (Å²) in [7, 11) is 0. The van der Waals surface area contributed by atoms with Crippen LogP contribution in [0.3, 0.4) is 0 Å². The van der Waals surface area contributed by atoms with Gasteiger partial charge in [0.15, 0.2) is 0 Å². The van der Waals surface area contributed by atoms with Gasteiger partial charge in [-0.15, -0.1) is 12.6 Å². The molecule has 0 aliphatic carbocycles. The highest BCUT2D eigenvalue weighted by Gasteiger charge is 1.98. The van der Waals surface area contributed by atoms with Crippen molar-refractivity contribution in [3.8, 4) is 0 Å². The fourth-order valence-electron chi connectivity index (χ4n) is 0.880. The lowest BCUT2D eigenvalue weighted by Crippen LogP contribution is -1.83. The summed E-state index contributed by atoms with van der Waals surface area (Å²) in [5.74, 6) is 0. The number of hydrogen-bond donors (Lipinski definition) is 1. The molecule has 0 aliphatic heterocycles. The molecule has 2 heteroatoms. The highest BCUT2D eigenvalue weighted by Crippen LogP contribution is 2.20. The molecule has 0 saturated carbocycles. The predicted molar refractivity (Wildman–Crippen MR) is 54.1 cm³/mol. The lowest BCUT2D eigenvalue weighted by Gasteiger charge is -2.00. The molecule has 0 N–H and O–H groups in total. The number of aldehydes is 1. The second kappa shape index (κ2) is 4.12. The zero-order valence-electron chi connectivity index (χ0n) is 6.82. The van der Waals surface area contributed by atoms with E-state index in [1.807, 2.05) is 30.3 Å². The van der Waals surface area contributed by atoms with Crippen molar-refractivity contribution < 1.29 is 4.79 Å². The summed E-state index contributed by atoms with van der Waals surface area (Å²) in [6.45, 7) is 1.75. The van der Waals surface area contributed by atoms with Gasteiger partial charge >= 0.3 is 0 Å². The van der Waals surface area contributed by atoms with Gasteiger partial charge in [0.05, 0.1) is 0 Å².